The van der Waals surface area contributed by atoms with Crippen molar-refractivity contribution in [2.75, 3.05) is 26.0 Å². The molecule has 5 nitrogen and oxygen atoms in total. The molecule has 0 spiro atoms. The van der Waals surface area contributed by atoms with Crippen LogP contribution in [0.2, 0.25) is 0 Å². The van der Waals surface area contributed by atoms with Gasteiger partial charge in [-0.25, -0.2) is 9.97 Å². The summed E-state index contributed by atoms with van der Waals surface area (Å²) in [7, 11) is 1.60. The van der Waals surface area contributed by atoms with Crippen molar-refractivity contribution in [1.29, 1.82) is 0 Å². The first-order valence-electron chi connectivity index (χ1n) is 5.75. The molecule has 0 atom stereocenters. The van der Waals surface area contributed by atoms with Crippen LogP contribution in [0.1, 0.15) is 17.0 Å². The number of carbonyl (C=O) groups excluding carboxylic acids is 1. The Morgan fingerprint density at radius 1 is 1.28 bits per heavy atom. The van der Waals surface area contributed by atoms with Gasteiger partial charge in [-0.2, -0.15) is 0 Å². The zero-order valence-electron chi connectivity index (χ0n) is 11.2. The van der Waals surface area contributed by atoms with Gasteiger partial charge in [0.2, 0.25) is 5.91 Å². The van der Waals surface area contributed by atoms with Crippen molar-refractivity contribution in [3.8, 4) is 0 Å². The molecule has 0 aliphatic carbocycles. The number of nitrogens with one attached hydrogen (secondary N) is 1. The molecule has 18 heavy (non-hydrogen) atoms. The number of hydrogen-bond donors (Lipinski definition) is 1. The maximum atomic E-state index is 11.5. The molecule has 0 saturated carbocycles. The number of amides is 1. The molecule has 1 heterocycles. The molecule has 0 bridgehead atoms. The van der Waals surface area contributed by atoms with Crippen LogP contribution in [0.25, 0.3) is 0 Å². The van der Waals surface area contributed by atoms with Crippen LogP contribution in [0.4, 0.5) is 0 Å². The molecule has 0 unspecified atom stereocenters. The molecule has 0 aliphatic heterocycles. The smallest absolute Gasteiger partial charge is 0.230 e. The van der Waals surface area contributed by atoms with E-state index in [9.17, 15) is 4.79 Å². The highest BCUT2D eigenvalue weighted by molar-refractivity contribution is 7.99. The fourth-order valence-electron chi connectivity index (χ4n) is 1.28. The summed E-state index contributed by atoms with van der Waals surface area (Å²) in [6.07, 6.45) is 0. The van der Waals surface area contributed by atoms with E-state index in [1.165, 1.54) is 11.8 Å². The fourth-order valence-corrected chi connectivity index (χ4v) is 2.04. The first-order chi connectivity index (χ1) is 8.54. The first-order valence-corrected chi connectivity index (χ1v) is 6.73. The number of methoxy groups -OCH3 is 1. The Balaban J connectivity index is 2.46. The Morgan fingerprint density at radius 2 is 1.89 bits per heavy atom. The lowest BCUT2D eigenvalue weighted by molar-refractivity contribution is -0.118. The SMILES string of the molecule is COCCNC(=O)CSc1nc(C)c(C)c(C)n1. The fraction of sp³-hybridized carbons (Fsp3) is 0.583. The molecule has 1 rings (SSSR count). The maximum Gasteiger partial charge on any atom is 0.230 e. The summed E-state index contributed by atoms with van der Waals surface area (Å²) in [5.41, 5.74) is 3.03. The minimum atomic E-state index is -0.0310. The van der Waals surface area contributed by atoms with Crippen molar-refractivity contribution in [2.24, 2.45) is 0 Å². The van der Waals surface area contributed by atoms with Gasteiger partial charge in [-0.05, 0) is 26.3 Å². The summed E-state index contributed by atoms with van der Waals surface area (Å²) in [5, 5.41) is 3.40. The third kappa shape index (κ3) is 4.62. The van der Waals surface area contributed by atoms with Crippen LogP contribution in [0, 0.1) is 20.8 Å². The summed E-state index contributed by atoms with van der Waals surface area (Å²) in [6, 6.07) is 0. The molecule has 0 radical (unpaired) electrons. The van der Waals surface area contributed by atoms with E-state index in [1.54, 1.807) is 7.11 Å². The number of thioether (sulfide) groups is 1. The van der Waals surface area contributed by atoms with Crippen molar-refractivity contribution in [3.63, 3.8) is 0 Å². The van der Waals surface area contributed by atoms with E-state index >= 15 is 0 Å². The second-order valence-corrected chi connectivity index (χ2v) is 4.88. The summed E-state index contributed by atoms with van der Waals surface area (Å²) in [4.78, 5) is 20.2. The third-order valence-corrected chi connectivity index (χ3v) is 3.42. The maximum absolute atomic E-state index is 11.5. The predicted octanol–water partition coefficient (Wildman–Crippen LogP) is 1.26. The monoisotopic (exact) mass is 269 g/mol. The quantitative estimate of drug-likeness (QED) is 0.478. The molecular formula is C12H19N3O2S. The standard InChI is InChI=1S/C12H19N3O2S/c1-8-9(2)14-12(15-10(8)3)18-7-11(16)13-5-6-17-4/h5-7H2,1-4H3,(H,13,16). The summed E-state index contributed by atoms with van der Waals surface area (Å²) < 4.78 is 4.85. The van der Waals surface area contributed by atoms with Crippen molar-refractivity contribution >= 4 is 17.7 Å². The second-order valence-electron chi connectivity index (χ2n) is 3.93. The topological polar surface area (TPSA) is 64.1 Å². The number of carbonyl (C=O) groups is 1. The van der Waals surface area contributed by atoms with E-state index in [1.807, 2.05) is 20.8 Å². The van der Waals surface area contributed by atoms with Crippen LogP contribution < -0.4 is 5.32 Å². The molecule has 0 aliphatic rings. The molecule has 1 aromatic rings. The number of aryl methyl sites for hydroxylation is 2. The van der Waals surface area contributed by atoms with Crippen LogP contribution in [0.3, 0.4) is 0 Å². The van der Waals surface area contributed by atoms with Crippen molar-refractivity contribution < 1.29 is 9.53 Å². The molecule has 0 aromatic carbocycles. The van der Waals surface area contributed by atoms with Gasteiger partial charge in [0.25, 0.3) is 0 Å². The van der Waals surface area contributed by atoms with Gasteiger partial charge in [0.1, 0.15) is 0 Å². The highest BCUT2D eigenvalue weighted by Gasteiger charge is 2.07. The van der Waals surface area contributed by atoms with E-state index in [4.69, 9.17) is 4.74 Å². The lowest BCUT2D eigenvalue weighted by Crippen LogP contribution is -2.28. The summed E-state index contributed by atoms with van der Waals surface area (Å²) in [6.45, 7) is 6.95. The molecule has 0 saturated heterocycles. The Labute approximate surface area is 112 Å². The normalized spacial score (nSPS) is 10.4. The van der Waals surface area contributed by atoms with E-state index in [0.717, 1.165) is 17.0 Å². The number of rotatable bonds is 6. The van der Waals surface area contributed by atoms with Crippen LogP contribution in [0.5, 0.6) is 0 Å². The minimum absolute atomic E-state index is 0.0310. The largest absolute Gasteiger partial charge is 0.383 e. The van der Waals surface area contributed by atoms with Crippen LogP contribution in [-0.4, -0.2) is 41.9 Å². The number of nitrogens with zero attached hydrogens (tertiary/aromatic N) is 2. The molecule has 1 N–H and O–H groups in total. The molecular weight excluding hydrogens is 250 g/mol. The van der Waals surface area contributed by atoms with E-state index in [0.29, 0.717) is 24.1 Å². The molecule has 100 valence electrons. The van der Waals surface area contributed by atoms with Crippen molar-refractivity contribution in [2.45, 2.75) is 25.9 Å². The highest BCUT2D eigenvalue weighted by atomic mass is 32.2. The van der Waals surface area contributed by atoms with Gasteiger partial charge in [0, 0.05) is 25.0 Å². The number of aromatic nitrogens is 2. The summed E-state index contributed by atoms with van der Waals surface area (Å²) in [5.74, 6) is 0.294. The Bertz CT molecular complexity index is 401. The molecule has 1 amide bonds. The van der Waals surface area contributed by atoms with Gasteiger partial charge in [0.15, 0.2) is 5.16 Å². The van der Waals surface area contributed by atoms with Gasteiger partial charge in [-0.3, -0.25) is 4.79 Å². The van der Waals surface area contributed by atoms with Crippen molar-refractivity contribution in [1.82, 2.24) is 15.3 Å². The zero-order valence-corrected chi connectivity index (χ0v) is 12.1. The van der Waals surface area contributed by atoms with Crippen molar-refractivity contribution in [3.05, 3.63) is 17.0 Å². The van der Waals surface area contributed by atoms with Crippen LogP contribution in [0.15, 0.2) is 5.16 Å². The highest BCUT2D eigenvalue weighted by Crippen LogP contribution is 2.16. The lowest BCUT2D eigenvalue weighted by Gasteiger charge is -2.07. The number of ether oxygens (including phenoxy) is 1. The lowest BCUT2D eigenvalue weighted by atomic mass is 10.2. The molecule has 6 heteroatoms. The van der Waals surface area contributed by atoms with Crippen LogP contribution >= 0.6 is 11.8 Å². The van der Waals surface area contributed by atoms with E-state index in [-0.39, 0.29) is 5.91 Å². The predicted molar refractivity (Wildman–Crippen MR) is 71.9 cm³/mol. The van der Waals surface area contributed by atoms with E-state index in [2.05, 4.69) is 15.3 Å². The van der Waals surface area contributed by atoms with Gasteiger partial charge in [-0.1, -0.05) is 11.8 Å². The Hall–Kier alpha value is -1.14. The average molecular weight is 269 g/mol. The first kappa shape index (κ1) is 14.9. The van der Waals surface area contributed by atoms with E-state index < -0.39 is 0 Å². The second kappa shape index (κ2) is 7.33. The van der Waals surface area contributed by atoms with Crippen LogP contribution in [-0.2, 0) is 9.53 Å². The Morgan fingerprint density at radius 3 is 2.44 bits per heavy atom. The van der Waals surface area contributed by atoms with Gasteiger partial charge < -0.3 is 10.1 Å². The minimum Gasteiger partial charge on any atom is -0.383 e. The average Bonchev–Trinajstić information content (AvgIpc) is 2.33. The van der Waals surface area contributed by atoms with Gasteiger partial charge in [0.05, 0.1) is 12.4 Å². The zero-order chi connectivity index (χ0) is 13.5. The third-order valence-electron chi connectivity index (χ3n) is 2.57. The summed E-state index contributed by atoms with van der Waals surface area (Å²) >= 11 is 1.35. The molecule has 0 fully saturated rings. The number of hydrogen-bond acceptors (Lipinski definition) is 5. The molecule has 1 aromatic heterocycles. The van der Waals surface area contributed by atoms with Gasteiger partial charge in [-0.15, -0.1) is 0 Å². The van der Waals surface area contributed by atoms with Gasteiger partial charge >= 0.3 is 0 Å². The Kier molecular flexibility index (Phi) is 6.07.